The summed E-state index contributed by atoms with van der Waals surface area (Å²) in [7, 11) is 0. The fraction of sp³-hybridized carbons (Fsp3) is 0.0909. The molecule has 0 atom stereocenters. The van der Waals surface area contributed by atoms with Crippen molar-refractivity contribution >= 4 is 29.4 Å². The zero-order valence-corrected chi connectivity index (χ0v) is 14.6. The van der Waals surface area contributed by atoms with Crippen LogP contribution < -0.4 is 4.90 Å². The topological polar surface area (TPSA) is 41.9 Å². The Bertz CT molecular complexity index is 820. The predicted molar refractivity (Wildman–Crippen MR) is 106 cm³/mol. The molecule has 3 rings (SSSR count). The third kappa shape index (κ3) is 4.36. The van der Waals surface area contributed by atoms with Crippen molar-refractivity contribution in [3.8, 4) is 0 Å². The predicted octanol–water partition coefficient (Wildman–Crippen LogP) is 5.36. The Morgan fingerprint density at radius 3 is 1.92 bits per heavy atom. The van der Waals surface area contributed by atoms with E-state index in [0.29, 0.717) is 12.2 Å². The molecule has 0 radical (unpaired) electrons. The van der Waals surface area contributed by atoms with Gasteiger partial charge < -0.3 is 9.64 Å². The molecule has 0 saturated heterocycles. The number of hydrogen-bond acceptors (Lipinski definition) is 3. The Hall–Kier alpha value is -3.40. The van der Waals surface area contributed by atoms with Crippen molar-refractivity contribution < 1.29 is 9.53 Å². The zero-order chi connectivity index (χ0) is 18.2. The SMILES string of the molecule is CCOC(=O)c1ccc(/N=C/N(c2ccccc2)c2ccccc2)cc1. The van der Waals surface area contributed by atoms with Gasteiger partial charge in [0.25, 0.3) is 0 Å². The third-order valence-electron chi connectivity index (χ3n) is 3.77. The van der Waals surface area contributed by atoms with Crippen LogP contribution >= 0.6 is 0 Å². The summed E-state index contributed by atoms with van der Waals surface area (Å²) in [5.74, 6) is -0.321. The number of para-hydroxylation sites is 2. The first-order valence-corrected chi connectivity index (χ1v) is 8.48. The summed E-state index contributed by atoms with van der Waals surface area (Å²) in [6, 6.07) is 27.1. The van der Waals surface area contributed by atoms with Crippen molar-refractivity contribution in [3.05, 3.63) is 90.5 Å². The number of hydrogen-bond donors (Lipinski definition) is 0. The van der Waals surface area contributed by atoms with Gasteiger partial charge in [-0.3, -0.25) is 0 Å². The van der Waals surface area contributed by atoms with E-state index in [9.17, 15) is 4.79 Å². The highest BCUT2D eigenvalue weighted by atomic mass is 16.5. The Labute approximate surface area is 153 Å². The van der Waals surface area contributed by atoms with E-state index in [1.807, 2.05) is 65.6 Å². The molecular formula is C22H20N2O2. The first-order chi connectivity index (χ1) is 12.8. The number of carbonyl (C=O) groups is 1. The molecule has 0 N–H and O–H groups in total. The first kappa shape index (κ1) is 17.4. The van der Waals surface area contributed by atoms with Crippen molar-refractivity contribution in [2.24, 2.45) is 4.99 Å². The van der Waals surface area contributed by atoms with Crippen LogP contribution in [0, 0.1) is 0 Å². The molecule has 3 aromatic rings. The van der Waals surface area contributed by atoms with Gasteiger partial charge in [0.1, 0.15) is 6.34 Å². The molecule has 0 aromatic heterocycles. The van der Waals surface area contributed by atoms with E-state index in [1.54, 1.807) is 37.5 Å². The van der Waals surface area contributed by atoms with E-state index >= 15 is 0 Å². The van der Waals surface area contributed by atoms with Crippen LogP contribution in [-0.4, -0.2) is 18.9 Å². The fourth-order valence-electron chi connectivity index (χ4n) is 2.48. The third-order valence-corrected chi connectivity index (χ3v) is 3.77. The molecule has 0 bridgehead atoms. The summed E-state index contributed by atoms with van der Waals surface area (Å²) in [6.45, 7) is 2.15. The summed E-state index contributed by atoms with van der Waals surface area (Å²) in [4.78, 5) is 18.3. The normalized spacial score (nSPS) is 10.7. The zero-order valence-electron chi connectivity index (χ0n) is 14.6. The highest BCUT2D eigenvalue weighted by Gasteiger charge is 2.07. The highest BCUT2D eigenvalue weighted by Crippen LogP contribution is 2.24. The monoisotopic (exact) mass is 344 g/mol. The molecule has 0 amide bonds. The van der Waals surface area contributed by atoms with Gasteiger partial charge in [0, 0.05) is 11.4 Å². The van der Waals surface area contributed by atoms with Crippen molar-refractivity contribution in [1.29, 1.82) is 0 Å². The van der Waals surface area contributed by atoms with Crippen LogP contribution in [0.15, 0.2) is 89.9 Å². The maximum atomic E-state index is 11.7. The Morgan fingerprint density at radius 1 is 0.885 bits per heavy atom. The van der Waals surface area contributed by atoms with Gasteiger partial charge in [0.05, 0.1) is 17.9 Å². The molecule has 0 aliphatic carbocycles. The molecule has 0 fully saturated rings. The molecule has 0 heterocycles. The number of carbonyl (C=O) groups excluding carboxylic acids is 1. The van der Waals surface area contributed by atoms with Crippen LogP contribution in [0.2, 0.25) is 0 Å². The molecule has 0 aliphatic heterocycles. The number of benzene rings is 3. The lowest BCUT2D eigenvalue weighted by atomic mass is 10.2. The van der Waals surface area contributed by atoms with Crippen LogP contribution in [0.3, 0.4) is 0 Å². The van der Waals surface area contributed by atoms with E-state index in [2.05, 4.69) is 4.99 Å². The minimum absolute atomic E-state index is 0.321. The van der Waals surface area contributed by atoms with Gasteiger partial charge >= 0.3 is 5.97 Å². The molecule has 26 heavy (non-hydrogen) atoms. The number of rotatable bonds is 6. The molecule has 0 saturated carbocycles. The van der Waals surface area contributed by atoms with Crippen LogP contribution in [0.4, 0.5) is 17.1 Å². The van der Waals surface area contributed by atoms with Crippen LogP contribution in [-0.2, 0) is 4.74 Å². The van der Waals surface area contributed by atoms with E-state index in [1.165, 1.54) is 0 Å². The number of aliphatic imine (C=N–C) groups is 1. The van der Waals surface area contributed by atoms with Gasteiger partial charge in [-0.1, -0.05) is 36.4 Å². The van der Waals surface area contributed by atoms with Crippen molar-refractivity contribution in [2.45, 2.75) is 6.92 Å². The standard InChI is InChI=1S/C22H20N2O2/c1-2-26-22(25)18-13-15-19(16-14-18)23-17-24(20-9-5-3-6-10-20)21-11-7-4-8-12-21/h3-17H,2H2,1H3/b23-17+. The van der Waals surface area contributed by atoms with E-state index in [0.717, 1.165) is 17.1 Å². The summed E-state index contributed by atoms with van der Waals surface area (Å²) in [5, 5.41) is 0. The average Bonchev–Trinajstić information content (AvgIpc) is 2.70. The molecule has 0 aliphatic rings. The van der Waals surface area contributed by atoms with E-state index in [4.69, 9.17) is 4.74 Å². The molecule has 4 nitrogen and oxygen atoms in total. The fourth-order valence-corrected chi connectivity index (χ4v) is 2.48. The van der Waals surface area contributed by atoms with Crippen molar-refractivity contribution in [1.82, 2.24) is 0 Å². The second kappa shape index (κ2) is 8.62. The molecule has 130 valence electrons. The second-order valence-corrected chi connectivity index (χ2v) is 5.55. The maximum absolute atomic E-state index is 11.7. The number of ether oxygens (including phenoxy) is 1. The van der Waals surface area contributed by atoms with Gasteiger partial charge in [-0.15, -0.1) is 0 Å². The number of nitrogens with zero attached hydrogens (tertiary/aromatic N) is 2. The summed E-state index contributed by atoms with van der Waals surface area (Å²) >= 11 is 0. The Kier molecular flexibility index (Phi) is 5.78. The van der Waals surface area contributed by atoms with E-state index < -0.39 is 0 Å². The van der Waals surface area contributed by atoms with Gasteiger partial charge in [0.15, 0.2) is 0 Å². The van der Waals surface area contributed by atoms with E-state index in [-0.39, 0.29) is 5.97 Å². The van der Waals surface area contributed by atoms with Crippen molar-refractivity contribution in [2.75, 3.05) is 11.5 Å². The summed E-state index contributed by atoms with van der Waals surface area (Å²) in [6.07, 6.45) is 1.78. The number of esters is 1. The molecule has 0 unspecified atom stereocenters. The summed E-state index contributed by atoms with van der Waals surface area (Å²) in [5.41, 5.74) is 3.32. The quantitative estimate of drug-likeness (QED) is 0.343. The van der Waals surface area contributed by atoms with Crippen molar-refractivity contribution in [3.63, 3.8) is 0 Å². The second-order valence-electron chi connectivity index (χ2n) is 5.55. The average molecular weight is 344 g/mol. The number of anilines is 2. The molecular weight excluding hydrogens is 324 g/mol. The molecule has 0 spiro atoms. The van der Waals surface area contributed by atoms with Crippen LogP contribution in [0.5, 0.6) is 0 Å². The lowest BCUT2D eigenvalue weighted by molar-refractivity contribution is 0.0526. The maximum Gasteiger partial charge on any atom is 0.338 e. The largest absolute Gasteiger partial charge is 0.462 e. The van der Waals surface area contributed by atoms with Gasteiger partial charge in [0.2, 0.25) is 0 Å². The lowest BCUT2D eigenvalue weighted by Gasteiger charge is -2.19. The molecule has 4 heteroatoms. The Balaban J connectivity index is 1.84. The molecule has 3 aromatic carbocycles. The van der Waals surface area contributed by atoms with Crippen LogP contribution in [0.25, 0.3) is 0 Å². The minimum atomic E-state index is -0.321. The summed E-state index contributed by atoms with van der Waals surface area (Å²) < 4.78 is 5.00. The van der Waals surface area contributed by atoms with Gasteiger partial charge in [-0.05, 0) is 55.5 Å². The highest BCUT2D eigenvalue weighted by molar-refractivity contribution is 5.91. The minimum Gasteiger partial charge on any atom is -0.462 e. The Morgan fingerprint density at radius 2 is 1.42 bits per heavy atom. The lowest BCUT2D eigenvalue weighted by Crippen LogP contribution is -2.13. The van der Waals surface area contributed by atoms with Crippen LogP contribution in [0.1, 0.15) is 17.3 Å². The van der Waals surface area contributed by atoms with Gasteiger partial charge in [-0.25, -0.2) is 9.79 Å². The van der Waals surface area contributed by atoms with Gasteiger partial charge in [-0.2, -0.15) is 0 Å². The first-order valence-electron chi connectivity index (χ1n) is 8.48. The smallest absolute Gasteiger partial charge is 0.338 e.